The number of nitrogens with zero attached hydrogens (tertiary/aromatic N) is 1. The minimum atomic E-state index is -0.958. The van der Waals surface area contributed by atoms with Crippen LogP contribution < -0.4 is 5.32 Å². The van der Waals surface area contributed by atoms with Crippen molar-refractivity contribution in [2.75, 3.05) is 26.7 Å². The lowest BCUT2D eigenvalue weighted by Gasteiger charge is -2.39. The van der Waals surface area contributed by atoms with Gasteiger partial charge in [0.2, 0.25) is 5.91 Å². The molecule has 5 nitrogen and oxygen atoms in total. The molecule has 2 aliphatic rings. The summed E-state index contributed by atoms with van der Waals surface area (Å²) in [6, 6.07) is 6.37. The van der Waals surface area contributed by atoms with Gasteiger partial charge in [-0.05, 0) is 42.9 Å². The highest BCUT2D eigenvalue weighted by atomic mass is 16.5. The van der Waals surface area contributed by atoms with Gasteiger partial charge in [-0.15, -0.1) is 0 Å². The van der Waals surface area contributed by atoms with Crippen molar-refractivity contribution in [2.45, 2.75) is 38.2 Å². The lowest BCUT2D eigenvalue weighted by molar-refractivity contribution is -0.162. The van der Waals surface area contributed by atoms with E-state index >= 15 is 0 Å². The number of hydrogen-bond acceptors (Lipinski definition) is 3. The zero-order chi connectivity index (χ0) is 16.4. The Bertz CT molecular complexity index is 629. The molecule has 1 aromatic carbocycles. The third-order valence-electron chi connectivity index (χ3n) is 4.85. The third kappa shape index (κ3) is 3.24. The van der Waals surface area contributed by atoms with Gasteiger partial charge in [-0.3, -0.25) is 9.59 Å². The van der Waals surface area contributed by atoms with E-state index in [-0.39, 0.29) is 11.8 Å². The molecule has 1 fully saturated rings. The van der Waals surface area contributed by atoms with E-state index in [1.54, 1.807) is 18.9 Å². The van der Waals surface area contributed by atoms with E-state index in [1.165, 1.54) is 17.5 Å². The van der Waals surface area contributed by atoms with Crippen LogP contribution in [0.5, 0.6) is 0 Å². The van der Waals surface area contributed by atoms with Gasteiger partial charge in [0, 0.05) is 13.6 Å². The van der Waals surface area contributed by atoms with Crippen LogP contribution in [0.3, 0.4) is 0 Å². The molecule has 1 aliphatic heterocycles. The standard InChI is InChI=1S/C18H24N2O3/c1-18(17(22)19-2)12-20(8-9-23-18)16(21)11-13-6-7-14-4-3-5-15(14)10-13/h6-7,10H,3-5,8-9,11-12H2,1-2H3,(H,19,22). The van der Waals surface area contributed by atoms with Gasteiger partial charge in [0.05, 0.1) is 19.6 Å². The zero-order valence-electron chi connectivity index (χ0n) is 13.9. The number of amides is 2. The molecule has 1 atom stereocenters. The number of likely N-dealkylation sites (N-methyl/N-ethyl adjacent to an activating group) is 1. The Labute approximate surface area is 137 Å². The predicted octanol–water partition coefficient (Wildman–Crippen LogP) is 1.08. The Morgan fingerprint density at radius 2 is 2.09 bits per heavy atom. The molecular formula is C18H24N2O3. The number of morpholine rings is 1. The summed E-state index contributed by atoms with van der Waals surface area (Å²) in [7, 11) is 1.59. The average Bonchev–Trinajstić information content (AvgIpc) is 3.01. The molecule has 1 aromatic rings. The number of fused-ring (bicyclic) bond motifs is 1. The van der Waals surface area contributed by atoms with E-state index in [4.69, 9.17) is 4.74 Å². The highest BCUT2D eigenvalue weighted by Gasteiger charge is 2.40. The zero-order valence-corrected chi connectivity index (χ0v) is 13.9. The van der Waals surface area contributed by atoms with Crippen molar-refractivity contribution in [3.8, 4) is 0 Å². The first-order valence-electron chi connectivity index (χ1n) is 8.26. The van der Waals surface area contributed by atoms with E-state index < -0.39 is 5.60 Å². The summed E-state index contributed by atoms with van der Waals surface area (Å²) in [5.41, 5.74) is 2.90. The summed E-state index contributed by atoms with van der Waals surface area (Å²) in [5.74, 6) is -0.131. The molecule has 23 heavy (non-hydrogen) atoms. The maximum Gasteiger partial charge on any atom is 0.253 e. The van der Waals surface area contributed by atoms with Crippen molar-refractivity contribution < 1.29 is 14.3 Å². The summed E-state index contributed by atoms with van der Waals surface area (Å²) < 4.78 is 5.60. The summed E-state index contributed by atoms with van der Waals surface area (Å²) in [5, 5.41) is 2.61. The topological polar surface area (TPSA) is 58.6 Å². The van der Waals surface area contributed by atoms with Gasteiger partial charge in [-0.1, -0.05) is 18.2 Å². The number of carbonyl (C=O) groups excluding carboxylic acids is 2. The fourth-order valence-corrected chi connectivity index (χ4v) is 3.51. The van der Waals surface area contributed by atoms with Gasteiger partial charge in [0.25, 0.3) is 5.91 Å². The number of carbonyl (C=O) groups is 2. The molecule has 2 amide bonds. The van der Waals surface area contributed by atoms with Crippen molar-refractivity contribution in [1.82, 2.24) is 10.2 Å². The number of ether oxygens (including phenoxy) is 1. The van der Waals surface area contributed by atoms with Crippen LogP contribution in [0, 0.1) is 0 Å². The van der Waals surface area contributed by atoms with Crippen molar-refractivity contribution in [2.24, 2.45) is 0 Å². The van der Waals surface area contributed by atoms with Crippen molar-refractivity contribution in [3.63, 3.8) is 0 Å². The molecule has 0 spiro atoms. The van der Waals surface area contributed by atoms with Crippen LogP contribution in [-0.4, -0.2) is 49.1 Å². The number of benzene rings is 1. The second kappa shape index (κ2) is 6.32. The smallest absolute Gasteiger partial charge is 0.253 e. The molecule has 1 saturated heterocycles. The molecule has 1 N–H and O–H groups in total. The molecule has 1 unspecified atom stereocenters. The SMILES string of the molecule is CNC(=O)C1(C)CN(C(=O)Cc2ccc3c(c2)CCC3)CCO1. The van der Waals surface area contributed by atoms with Crippen LogP contribution in [0.1, 0.15) is 30.0 Å². The van der Waals surface area contributed by atoms with Crippen LogP contribution in [0.2, 0.25) is 0 Å². The second-order valence-electron chi connectivity index (χ2n) is 6.61. The number of rotatable bonds is 3. The molecule has 3 rings (SSSR count). The van der Waals surface area contributed by atoms with E-state index in [0.29, 0.717) is 26.1 Å². The molecule has 0 bridgehead atoms. The summed E-state index contributed by atoms with van der Waals surface area (Å²) in [6.45, 7) is 2.97. The minimum absolute atomic E-state index is 0.0568. The fraction of sp³-hybridized carbons (Fsp3) is 0.556. The van der Waals surface area contributed by atoms with Crippen molar-refractivity contribution in [3.05, 3.63) is 34.9 Å². The monoisotopic (exact) mass is 316 g/mol. The molecule has 0 radical (unpaired) electrons. The Kier molecular flexibility index (Phi) is 4.39. The molecule has 0 saturated carbocycles. The van der Waals surface area contributed by atoms with Gasteiger partial charge in [0.1, 0.15) is 0 Å². The molecule has 0 aromatic heterocycles. The molecule has 124 valence electrons. The quantitative estimate of drug-likeness (QED) is 0.908. The Hall–Kier alpha value is -1.88. The van der Waals surface area contributed by atoms with E-state index in [9.17, 15) is 9.59 Å². The van der Waals surface area contributed by atoms with E-state index in [0.717, 1.165) is 18.4 Å². The number of aryl methyl sites for hydroxylation is 2. The highest BCUT2D eigenvalue weighted by Crippen LogP contribution is 2.24. The average molecular weight is 316 g/mol. The molecule has 1 aliphatic carbocycles. The van der Waals surface area contributed by atoms with Crippen LogP contribution in [0.4, 0.5) is 0 Å². The lowest BCUT2D eigenvalue weighted by Crippen LogP contribution is -2.59. The summed E-state index contributed by atoms with van der Waals surface area (Å²) in [6.07, 6.45) is 3.86. The Balaban J connectivity index is 1.67. The summed E-state index contributed by atoms with van der Waals surface area (Å²) >= 11 is 0. The minimum Gasteiger partial charge on any atom is -0.362 e. The normalized spacial score (nSPS) is 23.5. The molecular weight excluding hydrogens is 292 g/mol. The van der Waals surface area contributed by atoms with E-state index in [1.807, 2.05) is 0 Å². The van der Waals surface area contributed by atoms with Gasteiger partial charge in [-0.2, -0.15) is 0 Å². The van der Waals surface area contributed by atoms with Gasteiger partial charge in [-0.25, -0.2) is 0 Å². The van der Waals surface area contributed by atoms with Crippen molar-refractivity contribution in [1.29, 1.82) is 0 Å². The van der Waals surface area contributed by atoms with Crippen LogP contribution in [0.25, 0.3) is 0 Å². The van der Waals surface area contributed by atoms with Gasteiger partial charge >= 0.3 is 0 Å². The first-order valence-corrected chi connectivity index (χ1v) is 8.26. The predicted molar refractivity (Wildman–Crippen MR) is 87.2 cm³/mol. The number of nitrogens with one attached hydrogen (secondary N) is 1. The van der Waals surface area contributed by atoms with Crippen LogP contribution >= 0.6 is 0 Å². The van der Waals surface area contributed by atoms with Gasteiger partial charge in [0.15, 0.2) is 5.60 Å². The maximum atomic E-state index is 12.6. The largest absolute Gasteiger partial charge is 0.362 e. The van der Waals surface area contributed by atoms with Gasteiger partial charge < -0.3 is 15.0 Å². The van der Waals surface area contributed by atoms with Crippen molar-refractivity contribution >= 4 is 11.8 Å². The Morgan fingerprint density at radius 3 is 2.87 bits per heavy atom. The second-order valence-corrected chi connectivity index (χ2v) is 6.61. The first-order chi connectivity index (χ1) is 11.0. The van der Waals surface area contributed by atoms with Crippen LogP contribution in [-0.2, 0) is 33.6 Å². The third-order valence-corrected chi connectivity index (χ3v) is 4.85. The maximum absolute atomic E-state index is 12.6. The molecule has 1 heterocycles. The van der Waals surface area contributed by atoms with Crippen LogP contribution in [0.15, 0.2) is 18.2 Å². The highest BCUT2D eigenvalue weighted by molar-refractivity contribution is 5.86. The number of hydrogen-bond donors (Lipinski definition) is 1. The first kappa shape index (κ1) is 16.0. The lowest BCUT2D eigenvalue weighted by atomic mass is 10.0. The fourth-order valence-electron chi connectivity index (χ4n) is 3.51. The summed E-state index contributed by atoms with van der Waals surface area (Å²) in [4.78, 5) is 26.3. The molecule has 5 heteroatoms. The Morgan fingerprint density at radius 1 is 1.30 bits per heavy atom. The van der Waals surface area contributed by atoms with E-state index in [2.05, 4.69) is 23.5 Å².